The number of carbonyl (C=O) groups is 3. The molecular formula is C36H30F3N3O6S2. The van der Waals surface area contributed by atoms with Gasteiger partial charge in [-0.05, 0) is 84.7 Å². The lowest BCUT2D eigenvalue weighted by Crippen LogP contribution is -2.42. The number of thiazole rings is 1. The summed E-state index contributed by atoms with van der Waals surface area (Å²) >= 11 is 2.62. The maximum absolute atomic E-state index is 14.0. The fraction of sp³-hybridized carbons (Fsp3) is 0.333. The number of amides is 3. The zero-order valence-electron chi connectivity index (χ0n) is 26.7. The number of aromatic amines is 1. The maximum atomic E-state index is 14.0. The molecule has 3 amide bonds. The molecule has 2 aliphatic heterocycles. The van der Waals surface area contributed by atoms with Crippen LogP contribution in [-0.4, -0.2) is 41.7 Å². The van der Waals surface area contributed by atoms with Gasteiger partial charge in [-0.2, -0.15) is 13.2 Å². The van der Waals surface area contributed by atoms with Gasteiger partial charge in [-0.1, -0.05) is 35.6 Å². The van der Waals surface area contributed by atoms with Crippen LogP contribution in [0.1, 0.15) is 33.9 Å². The van der Waals surface area contributed by atoms with E-state index in [1.807, 2.05) is 37.3 Å². The van der Waals surface area contributed by atoms with E-state index in [0.29, 0.717) is 28.6 Å². The zero-order chi connectivity index (χ0) is 35.1. The molecule has 8 rings (SSSR count). The Morgan fingerprint density at radius 1 is 0.980 bits per heavy atom. The predicted molar refractivity (Wildman–Crippen MR) is 181 cm³/mol. The van der Waals surface area contributed by atoms with Crippen LogP contribution < -0.4 is 24.6 Å². The van der Waals surface area contributed by atoms with Crippen LogP contribution in [0.2, 0.25) is 0 Å². The lowest BCUT2D eigenvalue weighted by atomic mass is 9.68. The molecule has 9 nitrogen and oxygen atoms in total. The normalized spacial score (nSPS) is 26.4. The van der Waals surface area contributed by atoms with Crippen LogP contribution in [0.3, 0.4) is 0 Å². The topological polar surface area (TPSA) is 118 Å². The number of thioether (sulfide) groups is 1. The van der Waals surface area contributed by atoms with E-state index < -0.39 is 35.4 Å². The Hall–Kier alpha value is -4.56. The number of imide groups is 1. The van der Waals surface area contributed by atoms with E-state index in [0.717, 1.165) is 44.4 Å². The highest BCUT2D eigenvalue weighted by atomic mass is 32.2. The van der Waals surface area contributed by atoms with E-state index in [1.165, 1.54) is 31.0 Å². The molecule has 1 saturated heterocycles. The number of nitrogens with one attached hydrogen (secondary N) is 2. The third kappa shape index (κ3) is 5.31. The van der Waals surface area contributed by atoms with Crippen molar-refractivity contribution in [1.29, 1.82) is 0 Å². The molecule has 0 spiro atoms. The van der Waals surface area contributed by atoms with Crippen molar-refractivity contribution >= 4 is 52.2 Å². The number of benzene rings is 3. The van der Waals surface area contributed by atoms with Crippen molar-refractivity contribution in [2.75, 3.05) is 23.9 Å². The maximum Gasteiger partial charge on any atom is 0.416 e. The first kappa shape index (κ1) is 32.6. The molecule has 3 fully saturated rings. The number of anilines is 2. The third-order valence-corrected chi connectivity index (χ3v) is 13.0. The fourth-order valence-corrected chi connectivity index (χ4v) is 11.4. The average Bonchev–Trinajstić information content (AvgIpc) is 3.82. The van der Waals surface area contributed by atoms with Crippen molar-refractivity contribution < 1.29 is 37.0 Å². The van der Waals surface area contributed by atoms with E-state index in [1.54, 1.807) is 12.1 Å². The second-order valence-corrected chi connectivity index (χ2v) is 15.3. The fourth-order valence-electron chi connectivity index (χ4n) is 8.53. The second-order valence-electron chi connectivity index (χ2n) is 13.1. The Balaban J connectivity index is 1.09. The molecule has 258 valence electrons. The lowest BCUT2D eigenvalue weighted by molar-refractivity contribution is -0.137. The molecule has 0 radical (unpaired) electrons. The highest BCUT2D eigenvalue weighted by Crippen LogP contribution is 2.69. The number of hydrogen-bond acceptors (Lipinski definition) is 8. The van der Waals surface area contributed by atoms with Gasteiger partial charge in [0.05, 0.1) is 35.2 Å². The summed E-state index contributed by atoms with van der Waals surface area (Å²) in [5.41, 5.74) is 1.47. The molecule has 3 heterocycles. The zero-order valence-corrected chi connectivity index (χ0v) is 28.3. The summed E-state index contributed by atoms with van der Waals surface area (Å²) < 4.78 is 52.2. The number of methoxy groups -OCH3 is 1. The van der Waals surface area contributed by atoms with E-state index in [-0.39, 0.29) is 52.0 Å². The van der Waals surface area contributed by atoms with Gasteiger partial charge in [0.15, 0.2) is 18.1 Å². The van der Waals surface area contributed by atoms with Crippen molar-refractivity contribution in [3.05, 3.63) is 98.0 Å². The number of carbonyl (C=O) groups excluding carboxylic acids is 3. The standard InChI is InChI=1S/C36H30F3N3O6S2/c1-16-5-3-7-19(11-16)40-25(43)15-48-23-10-9-17(12-24(23)47-2)26-27-21-14-22(30(27)49-32-31(26)50-35(46)41-32)29-28(21)33(44)42(34(29)45)20-8-4-6-18(13-20)36(37,38)39/h3-13,21-22,26-30H,14-15H2,1-2H3,(H,40,43)(H,41,46)/t21-,22-,26-,27?,28?,29?,30?/m1/s1. The summed E-state index contributed by atoms with van der Waals surface area (Å²) in [7, 11) is 1.49. The van der Waals surface area contributed by atoms with Gasteiger partial charge in [-0.25, -0.2) is 0 Å². The number of nitrogens with zero attached hydrogens (tertiary/aromatic N) is 1. The van der Waals surface area contributed by atoms with Crippen LogP contribution in [-0.2, 0) is 20.6 Å². The van der Waals surface area contributed by atoms with Crippen molar-refractivity contribution in [2.45, 2.75) is 35.7 Å². The number of hydrogen-bond donors (Lipinski definition) is 2. The number of halogens is 3. The minimum Gasteiger partial charge on any atom is -0.493 e. The Morgan fingerprint density at radius 2 is 1.74 bits per heavy atom. The molecule has 50 heavy (non-hydrogen) atoms. The number of aromatic nitrogens is 1. The van der Waals surface area contributed by atoms with Crippen molar-refractivity contribution in [2.24, 2.45) is 29.6 Å². The molecule has 1 aromatic heterocycles. The van der Waals surface area contributed by atoms with Crippen LogP contribution in [0.4, 0.5) is 24.5 Å². The van der Waals surface area contributed by atoms with Crippen molar-refractivity contribution in [3.8, 4) is 11.5 Å². The summed E-state index contributed by atoms with van der Waals surface area (Å²) in [6, 6.07) is 17.2. The molecule has 2 saturated carbocycles. The number of H-pyrrole nitrogens is 1. The number of rotatable bonds is 7. The van der Waals surface area contributed by atoms with Crippen LogP contribution in [0, 0.1) is 36.5 Å². The monoisotopic (exact) mass is 721 g/mol. The first-order valence-electron chi connectivity index (χ1n) is 16.0. The quantitative estimate of drug-likeness (QED) is 0.210. The Kier molecular flexibility index (Phi) is 7.86. The molecule has 4 aromatic rings. The van der Waals surface area contributed by atoms with Crippen LogP contribution in [0.25, 0.3) is 0 Å². The largest absolute Gasteiger partial charge is 0.493 e. The summed E-state index contributed by atoms with van der Waals surface area (Å²) in [5, 5.41) is 3.41. The molecule has 2 bridgehead atoms. The molecule has 3 aromatic carbocycles. The van der Waals surface area contributed by atoms with Crippen LogP contribution >= 0.6 is 23.1 Å². The second kappa shape index (κ2) is 12.0. The Bertz CT molecular complexity index is 2110. The van der Waals surface area contributed by atoms with Gasteiger partial charge in [-0.15, -0.1) is 11.8 Å². The molecule has 2 N–H and O–H groups in total. The number of alkyl halides is 3. The van der Waals surface area contributed by atoms with E-state index >= 15 is 0 Å². The molecule has 4 unspecified atom stereocenters. The van der Waals surface area contributed by atoms with E-state index in [2.05, 4.69) is 10.3 Å². The predicted octanol–water partition coefficient (Wildman–Crippen LogP) is 6.47. The lowest BCUT2D eigenvalue weighted by Gasteiger charge is -2.43. The Labute approximate surface area is 292 Å². The van der Waals surface area contributed by atoms with Gasteiger partial charge in [-0.3, -0.25) is 24.1 Å². The minimum atomic E-state index is -4.63. The first-order chi connectivity index (χ1) is 23.9. The number of ether oxygens (including phenoxy) is 2. The molecule has 4 aliphatic rings. The molecule has 14 heteroatoms. The SMILES string of the molecule is COc1cc([C@H]2c3sc(=O)[nH]c3SC3C2[C@H]2C[C@@H]3C3C(=O)N(c4cccc(C(F)(F)F)c4)C(=O)C32)ccc1OCC(=O)Nc1cccc(C)c1. The highest BCUT2D eigenvalue weighted by Gasteiger charge is 2.69. The first-order valence-corrected chi connectivity index (χ1v) is 17.7. The van der Waals surface area contributed by atoms with E-state index in [4.69, 9.17) is 9.47 Å². The molecule has 2 aliphatic carbocycles. The van der Waals surface area contributed by atoms with E-state index in [9.17, 15) is 32.3 Å². The van der Waals surface area contributed by atoms with Gasteiger partial charge < -0.3 is 19.8 Å². The van der Waals surface area contributed by atoms with Gasteiger partial charge in [0.1, 0.15) is 0 Å². The highest BCUT2D eigenvalue weighted by molar-refractivity contribution is 8.00. The summed E-state index contributed by atoms with van der Waals surface area (Å²) in [6.45, 7) is 1.67. The number of fused-ring (bicyclic) bond motifs is 9. The minimum absolute atomic E-state index is 0.0767. The van der Waals surface area contributed by atoms with Gasteiger partial charge in [0.25, 0.3) is 5.91 Å². The summed E-state index contributed by atoms with van der Waals surface area (Å²) in [4.78, 5) is 57.7. The van der Waals surface area contributed by atoms with Crippen molar-refractivity contribution in [1.82, 2.24) is 4.98 Å². The average molecular weight is 722 g/mol. The van der Waals surface area contributed by atoms with Crippen LogP contribution in [0.15, 0.2) is 76.6 Å². The molecular weight excluding hydrogens is 692 g/mol. The van der Waals surface area contributed by atoms with Crippen LogP contribution in [0.5, 0.6) is 11.5 Å². The number of aryl methyl sites for hydroxylation is 1. The van der Waals surface area contributed by atoms with Gasteiger partial charge >= 0.3 is 11.0 Å². The molecule has 7 atom stereocenters. The van der Waals surface area contributed by atoms with Crippen molar-refractivity contribution in [3.63, 3.8) is 0 Å². The Morgan fingerprint density at radius 3 is 2.48 bits per heavy atom. The third-order valence-electron chi connectivity index (χ3n) is 10.4. The smallest absolute Gasteiger partial charge is 0.416 e. The van der Waals surface area contributed by atoms with Gasteiger partial charge in [0.2, 0.25) is 11.8 Å². The van der Waals surface area contributed by atoms with Gasteiger partial charge in [0, 0.05) is 21.7 Å². The summed E-state index contributed by atoms with van der Waals surface area (Å²) in [6.07, 6.45) is -4.01. The summed E-state index contributed by atoms with van der Waals surface area (Å²) in [5.74, 6) is -2.81.